The van der Waals surface area contributed by atoms with Gasteiger partial charge in [0.15, 0.2) is 0 Å². The number of amides is 3. The van der Waals surface area contributed by atoms with Crippen molar-refractivity contribution in [3.8, 4) is 6.07 Å². The van der Waals surface area contributed by atoms with Crippen LogP contribution in [0.15, 0.2) is 48.5 Å². The van der Waals surface area contributed by atoms with Crippen molar-refractivity contribution in [3.63, 3.8) is 0 Å². The maximum absolute atomic E-state index is 11.9. The Bertz CT molecular complexity index is 794. The topological polar surface area (TPSA) is 73.2 Å². The quantitative estimate of drug-likeness (QED) is 0.882. The lowest BCUT2D eigenvalue weighted by atomic mass is 10.0. The number of anilines is 1. The van der Waals surface area contributed by atoms with Gasteiger partial charge in [-0.1, -0.05) is 30.3 Å². The molecule has 0 spiro atoms. The van der Waals surface area contributed by atoms with E-state index in [0.29, 0.717) is 17.7 Å². The van der Waals surface area contributed by atoms with Crippen LogP contribution in [-0.4, -0.2) is 18.5 Å². The highest BCUT2D eigenvalue weighted by Crippen LogP contribution is 2.25. The van der Waals surface area contributed by atoms with Crippen molar-refractivity contribution < 1.29 is 9.59 Å². The minimum absolute atomic E-state index is 0.0169. The van der Waals surface area contributed by atoms with Crippen molar-refractivity contribution in [3.05, 3.63) is 65.2 Å². The number of nitrogens with one attached hydrogen (secondary N) is 1. The van der Waals surface area contributed by atoms with Crippen molar-refractivity contribution in [1.29, 1.82) is 5.26 Å². The van der Waals surface area contributed by atoms with Crippen molar-refractivity contribution in [2.24, 2.45) is 0 Å². The second kappa shape index (κ2) is 6.32. The molecule has 1 fully saturated rings. The van der Waals surface area contributed by atoms with Crippen LogP contribution in [0.2, 0.25) is 0 Å². The van der Waals surface area contributed by atoms with Gasteiger partial charge in [0, 0.05) is 5.69 Å². The average molecular weight is 305 g/mol. The smallest absolute Gasteiger partial charge is 0.284 e. The zero-order valence-electron chi connectivity index (χ0n) is 12.5. The summed E-state index contributed by atoms with van der Waals surface area (Å²) in [6.45, 7) is 0.0169. The van der Waals surface area contributed by atoms with Gasteiger partial charge >= 0.3 is 6.03 Å². The van der Waals surface area contributed by atoms with E-state index in [1.165, 1.54) is 10.5 Å². The second-order valence-electron chi connectivity index (χ2n) is 5.38. The molecule has 0 saturated carbocycles. The van der Waals surface area contributed by atoms with Gasteiger partial charge in [-0.05, 0) is 42.2 Å². The summed E-state index contributed by atoms with van der Waals surface area (Å²) in [7, 11) is 0. The normalized spacial score (nSPS) is 13.8. The third-order valence-corrected chi connectivity index (χ3v) is 3.82. The van der Waals surface area contributed by atoms with Crippen molar-refractivity contribution >= 4 is 17.6 Å². The molecular formula is C18H15N3O2. The van der Waals surface area contributed by atoms with Gasteiger partial charge < -0.3 is 0 Å². The van der Waals surface area contributed by atoms with Crippen molar-refractivity contribution in [2.75, 3.05) is 11.4 Å². The SMILES string of the molecule is N#Cc1ccc(N2CC(=O)NC2=O)c(CCc2ccccc2)c1. The van der Waals surface area contributed by atoms with Crippen LogP contribution in [0.3, 0.4) is 0 Å². The molecule has 2 aromatic carbocycles. The number of nitriles is 1. The van der Waals surface area contributed by atoms with Crippen molar-refractivity contribution in [1.82, 2.24) is 5.32 Å². The number of aryl methyl sites for hydroxylation is 2. The summed E-state index contributed by atoms with van der Waals surface area (Å²) in [5.74, 6) is -0.312. The summed E-state index contributed by atoms with van der Waals surface area (Å²) in [5, 5.41) is 11.4. The molecule has 0 radical (unpaired) electrons. The lowest BCUT2D eigenvalue weighted by Crippen LogP contribution is -2.28. The van der Waals surface area contributed by atoms with E-state index in [4.69, 9.17) is 5.26 Å². The number of nitrogens with zero attached hydrogens (tertiary/aromatic N) is 2. The Kier molecular flexibility index (Phi) is 4.07. The van der Waals surface area contributed by atoms with Gasteiger partial charge in [-0.25, -0.2) is 4.79 Å². The Labute approximate surface area is 134 Å². The van der Waals surface area contributed by atoms with Gasteiger partial charge in [-0.3, -0.25) is 15.0 Å². The molecule has 1 heterocycles. The van der Waals surface area contributed by atoms with Crippen LogP contribution < -0.4 is 10.2 Å². The molecular weight excluding hydrogens is 290 g/mol. The number of hydrogen-bond donors (Lipinski definition) is 1. The Balaban J connectivity index is 1.89. The molecule has 1 saturated heterocycles. The van der Waals surface area contributed by atoms with Gasteiger partial charge in [0.2, 0.25) is 5.91 Å². The number of hydrogen-bond acceptors (Lipinski definition) is 3. The molecule has 0 aliphatic carbocycles. The highest BCUT2D eigenvalue weighted by Gasteiger charge is 2.29. The summed E-state index contributed by atoms with van der Waals surface area (Å²) in [4.78, 5) is 24.7. The van der Waals surface area contributed by atoms with E-state index < -0.39 is 6.03 Å². The van der Waals surface area contributed by atoms with E-state index in [-0.39, 0.29) is 12.5 Å². The first-order chi connectivity index (χ1) is 11.2. The fourth-order valence-electron chi connectivity index (χ4n) is 2.68. The summed E-state index contributed by atoms with van der Waals surface area (Å²) >= 11 is 0. The highest BCUT2D eigenvalue weighted by atomic mass is 16.2. The molecule has 5 nitrogen and oxygen atoms in total. The monoisotopic (exact) mass is 305 g/mol. The van der Waals surface area contributed by atoms with E-state index in [2.05, 4.69) is 11.4 Å². The Hall–Kier alpha value is -3.13. The van der Waals surface area contributed by atoms with E-state index in [9.17, 15) is 9.59 Å². The number of urea groups is 1. The largest absolute Gasteiger partial charge is 0.329 e. The van der Waals surface area contributed by atoms with Gasteiger partial charge in [0.25, 0.3) is 0 Å². The maximum Gasteiger partial charge on any atom is 0.329 e. The number of carbonyl (C=O) groups excluding carboxylic acids is 2. The summed E-state index contributed by atoms with van der Waals surface area (Å²) in [6.07, 6.45) is 1.49. The Morgan fingerprint density at radius 3 is 2.52 bits per heavy atom. The van der Waals surface area contributed by atoms with E-state index in [0.717, 1.165) is 12.0 Å². The lowest BCUT2D eigenvalue weighted by molar-refractivity contribution is -0.117. The first-order valence-corrected chi connectivity index (χ1v) is 7.35. The summed E-state index contributed by atoms with van der Waals surface area (Å²) in [6, 6.07) is 16.9. The molecule has 0 unspecified atom stereocenters. The van der Waals surface area contributed by atoms with E-state index >= 15 is 0 Å². The van der Waals surface area contributed by atoms with Crippen LogP contribution in [0.1, 0.15) is 16.7 Å². The summed E-state index contributed by atoms with van der Waals surface area (Å²) in [5.41, 5.74) is 3.30. The molecule has 3 amide bonds. The molecule has 1 aliphatic heterocycles. The highest BCUT2D eigenvalue weighted by molar-refractivity contribution is 6.12. The molecule has 1 aliphatic rings. The molecule has 5 heteroatoms. The van der Waals surface area contributed by atoms with Gasteiger partial charge in [-0.15, -0.1) is 0 Å². The molecule has 0 atom stereocenters. The molecule has 1 N–H and O–H groups in total. The molecule has 2 aromatic rings. The van der Waals surface area contributed by atoms with Gasteiger partial charge in [0.1, 0.15) is 6.54 Å². The van der Waals surface area contributed by atoms with Crippen LogP contribution >= 0.6 is 0 Å². The predicted octanol–water partition coefficient (Wildman–Crippen LogP) is 2.40. The van der Waals surface area contributed by atoms with Crippen molar-refractivity contribution in [2.45, 2.75) is 12.8 Å². The summed E-state index contributed by atoms with van der Waals surface area (Å²) < 4.78 is 0. The fraction of sp³-hybridized carbons (Fsp3) is 0.167. The van der Waals surface area contributed by atoms with Crippen LogP contribution in [0.4, 0.5) is 10.5 Å². The number of benzene rings is 2. The predicted molar refractivity (Wildman–Crippen MR) is 85.9 cm³/mol. The van der Waals surface area contributed by atoms with Crippen LogP contribution in [0, 0.1) is 11.3 Å². The van der Waals surface area contributed by atoms with Gasteiger partial charge in [-0.2, -0.15) is 5.26 Å². The number of rotatable bonds is 4. The number of carbonyl (C=O) groups is 2. The fourth-order valence-corrected chi connectivity index (χ4v) is 2.68. The lowest BCUT2D eigenvalue weighted by Gasteiger charge is -2.18. The minimum atomic E-state index is -0.416. The third-order valence-electron chi connectivity index (χ3n) is 3.82. The molecule has 114 valence electrons. The number of imide groups is 1. The van der Waals surface area contributed by atoms with Crippen LogP contribution in [-0.2, 0) is 17.6 Å². The maximum atomic E-state index is 11.9. The molecule has 0 bridgehead atoms. The Morgan fingerprint density at radius 2 is 1.87 bits per heavy atom. The zero-order valence-corrected chi connectivity index (χ0v) is 12.5. The third kappa shape index (κ3) is 3.22. The minimum Gasteiger partial charge on any atom is -0.284 e. The van der Waals surface area contributed by atoms with E-state index in [1.807, 2.05) is 30.3 Å². The molecule has 3 rings (SSSR count). The van der Waals surface area contributed by atoms with E-state index in [1.54, 1.807) is 18.2 Å². The second-order valence-corrected chi connectivity index (χ2v) is 5.38. The average Bonchev–Trinajstić information content (AvgIpc) is 2.92. The van der Waals surface area contributed by atoms with Gasteiger partial charge in [0.05, 0.1) is 11.6 Å². The Morgan fingerprint density at radius 1 is 1.09 bits per heavy atom. The van der Waals surface area contributed by atoms with Crippen LogP contribution in [0.25, 0.3) is 0 Å². The van der Waals surface area contributed by atoms with Crippen LogP contribution in [0.5, 0.6) is 0 Å². The standard InChI is InChI=1S/C18H15N3O2/c19-11-14-7-9-16(21-12-17(22)20-18(21)23)15(10-14)8-6-13-4-2-1-3-5-13/h1-5,7,9-10H,6,8,12H2,(H,20,22,23). The zero-order chi connectivity index (χ0) is 16.2. The molecule has 0 aromatic heterocycles. The molecule has 23 heavy (non-hydrogen) atoms. The first-order valence-electron chi connectivity index (χ1n) is 7.35. The first kappa shape index (κ1) is 14.8.